The van der Waals surface area contributed by atoms with Crippen molar-refractivity contribution < 1.29 is 9.47 Å². The minimum Gasteiger partial charge on any atom is -0.493 e. The van der Waals surface area contributed by atoms with Crippen LogP contribution in [0.15, 0.2) is 24.3 Å². The van der Waals surface area contributed by atoms with Crippen molar-refractivity contribution in [2.24, 2.45) is 0 Å². The number of benzene rings is 1. The second-order valence-corrected chi connectivity index (χ2v) is 6.56. The van der Waals surface area contributed by atoms with Crippen LogP contribution in [-0.2, 0) is 6.42 Å². The van der Waals surface area contributed by atoms with Gasteiger partial charge in [0.05, 0.1) is 19.6 Å². The Morgan fingerprint density at radius 2 is 1.80 bits per heavy atom. The molecule has 1 heterocycles. The maximum absolute atomic E-state index is 6.53. The Morgan fingerprint density at radius 3 is 2.35 bits per heavy atom. The molecule has 4 heteroatoms. The summed E-state index contributed by atoms with van der Waals surface area (Å²) in [5, 5.41) is -0.00880. The molecule has 0 spiro atoms. The molecule has 1 aromatic carbocycles. The first-order valence-corrected chi connectivity index (χ1v) is 7.72. The third-order valence-electron chi connectivity index (χ3n) is 3.36. The monoisotopic (exact) mass is 310 g/mol. The van der Waals surface area contributed by atoms with E-state index in [2.05, 4.69) is 19.9 Å². The molecule has 0 saturated carbocycles. The third kappa shape index (κ3) is 3.28. The van der Waals surface area contributed by atoms with Gasteiger partial charge in [-0.05, 0) is 49.6 Å². The normalized spacial score (nSPS) is 12.2. The van der Waals surface area contributed by atoms with Gasteiger partial charge < -0.3 is 9.47 Å². The summed E-state index contributed by atoms with van der Waals surface area (Å²) >= 11 is 8.31. The molecular weight excluding hydrogens is 292 g/mol. The van der Waals surface area contributed by atoms with Gasteiger partial charge in [0, 0.05) is 9.75 Å². The number of thiophene rings is 1. The number of ether oxygens (including phenoxy) is 2. The molecule has 1 aromatic heterocycles. The molecule has 0 N–H and O–H groups in total. The Balaban J connectivity index is 2.17. The predicted octanol–water partition coefficient (Wildman–Crippen LogP) is 4.90. The van der Waals surface area contributed by atoms with Crippen LogP contribution in [-0.4, -0.2) is 14.2 Å². The van der Waals surface area contributed by atoms with Gasteiger partial charge in [0.2, 0.25) is 0 Å². The van der Waals surface area contributed by atoms with Crippen molar-refractivity contribution >= 4 is 22.9 Å². The fraction of sp³-hybridized carbons (Fsp3) is 0.375. The summed E-state index contributed by atoms with van der Waals surface area (Å²) in [6.07, 6.45) is 0.779. The van der Waals surface area contributed by atoms with Crippen molar-refractivity contribution in [3.05, 3.63) is 45.1 Å². The highest BCUT2D eigenvalue weighted by Gasteiger charge is 2.14. The van der Waals surface area contributed by atoms with E-state index >= 15 is 0 Å². The van der Waals surface area contributed by atoms with E-state index in [1.165, 1.54) is 15.3 Å². The maximum Gasteiger partial charge on any atom is 0.160 e. The first-order chi connectivity index (χ1) is 9.55. The molecule has 108 valence electrons. The van der Waals surface area contributed by atoms with Crippen molar-refractivity contribution in [3.8, 4) is 11.5 Å². The number of hydrogen-bond donors (Lipinski definition) is 0. The molecule has 0 radical (unpaired) electrons. The summed E-state index contributed by atoms with van der Waals surface area (Å²) < 4.78 is 10.6. The minimum absolute atomic E-state index is 0.00880. The number of rotatable bonds is 5. The summed E-state index contributed by atoms with van der Waals surface area (Å²) in [4.78, 5) is 2.55. The van der Waals surface area contributed by atoms with Gasteiger partial charge in [-0.2, -0.15) is 0 Å². The van der Waals surface area contributed by atoms with E-state index in [1.807, 2.05) is 18.2 Å². The van der Waals surface area contributed by atoms with Crippen LogP contribution >= 0.6 is 22.9 Å². The average molecular weight is 311 g/mol. The van der Waals surface area contributed by atoms with E-state index < -0.39 is 0 Å². The summed E-state index contributed by atoms with van der Waals surface area (Å²) in [6.45, 7) is 4.25. The van der Waals surface area contributed by atoms with Crippen LogP contribution in [0.3, 0.4) is 0 Å². The van der Waals surface area contributed by atoms with Gasteiger partial charge in [-0.15, -0.1) is 22.9 Å². The third-order valence-corrected chi connectivity index (χ3v) is 5.14. The lowest BCUT2D eigenvalue weighted by Gasteiger charge is -2.11. The van der Waals surface area contributed by atoms with E-state index in [0.29, 0.717) is 0 Å². The van der Waals surface area contributed by atoms with Crippen LogP contribution in [0.4, 0.5) is 0 Å². The van der Waals surface area contributed by atoms with Gasteiger partial charge in [0.25, 0.3) is 0 Å². The Hall–Kier alpha value is -1.19. The van der Waals surface area contributed by atoms with Crippen molar-refractivity contribution in [1.29, 1.82) is 0 Å². The van der Waals surface area contributed by atoms with Gasteiger partial charge in [-0.1, -0.05) is 6.07 Å². The smallest absolute Gasteiger partial charge is 0.160 e. The van der Waals surface area contributed by atoms with Gasteiger partial charge in [-0.25, -0.2) is 0 Å². The summed E-state index contributed by atoms with van der Waals surface area (Å²) in [6, 6.07) is 8.12. The zero-order valence-corrected chi connectivity index (χ0v) is 13.8. The van der Waals surface area contributed by atoms with Crippen LogP contribution in [0.5, 0.6) is 11.5 Å². The quantitative estimate of drug-likeness (QED) is 0.731. The zero-order chi connectivity index (χ0) is 14.7. The number of hydrogen-bond acceptors (Lipinski definition) is 3. The summed E-state index contributed by atoms with van der Waals surface area (Å²) in [5.41, 5.74) is 2.45. The molecule has 0 bridgehead atoms. The highest BCUT2D eigenvalue weighted by molar-refractivity contribution is 7.12. The largest absolute Gasteiger partial charge is 0.493 e. The van der Waals surface area contributed by atoms with Crippen molar-refractivity contribution in [2.75, 3.05) is 14.2 Å². The number of halogens is 1. The maximum atomic E-state index is 6.53. The van der Waals surface area contributed by atoms with E-state index in [1.54, 1.807) is 25.6 Å². The molecule has 2 aromatic rings. The zero-order valence-electron chi connectivity index (χ0n) is 12.2. The second kappa shape index (κ2) is 6.51. The van der Waals surface area contributed by atoms with Gasteiger partial charge >= 0.3 is 0 Å². The lowest BCUT2D eigenvalue weighted by Crippen LogP contribution is -1.96. The fourth-order valence-electron chi connectivity index (χ4n) is 2.07. The van der Waals surface area contributed by atoms with Crippen molar-refractivity contribution in [2.45, 2.75) is 25.6 Å². The standard InChI is InChI=1S/C16H19ClO2S/c1-10-7-16(20-11(10)2)13(17)8-12-5-6-14(18-3)15(9-12)19-4/h5-7,9,13H,8H2,1-4H3. The molecule has 20 heavy (non-hydrogen) atoms. The van der Waals surface area contributed by atoms with E-state index in [9.17, 15) is 0 Å². The first kappa shape index (κ1) is 15.2. The van der Waals surface area contributed by atoms with Crippen LogP contribution in [0, 0.1) is 13.8 Å². The van der Waals surface area contributed by atoms with Crippen LogP contribution in [0.1, 0.15) is 26.3 Å². The molecule has 2 nitrogen and oxygen atoms in total. The Kier molecular flexibility index (Phi) is 4.95. The highest BCUT2D eigenvalue weighted by Crippen LogP contribution is 2.35. The second-order valence-electron chi connectivity index (χ2n) is 4.75. The SMILES string of the molecule is COc1ccc(CC(Cl)c2cc(C)c(C)s2)cc1OC. The molecule has 0 saturated heterocycles. The molecule has 1 unspecified atom stereocenters. The molecule has 0 aliphatic heterocycles. The summed E-state index contributed by atoms with van der Waals surface area (Å²) in [5.74, 6) is 1.48. The molecule has 2 rings (SSSR count). The van der Waals surface area contributed by atoms with Crippen LogP contribution in [0.2, 0.25) is 0 Å². The number of methoxy groups -OCH3 is 2. The molecule has 0 fully saturated rings. The van der Waals surface area contributed by atoms with E-state index in [-0.39, 0.29) is 5.38 Å². The van der Waals surface area contributed by atoms with Gasteiger partial charge in [0.1, 0.15) is 0 Å². The Morgan fingerprint density at radius 1 is 1.10 bits per heavy atom. The Bertz CT molecular complexity index is 573. The minimum atomic E-state index is -0.00880. The Labute approximate surface area is 129 Å². The van der Waals surface area contributed by atoms with E-state index in [0.717, 1.165) is 23.5 Å². The summed E-state index contributed by atoms with van der Waals surface area (Å²) in [7, 11) is 3.28. The van der Waals surface area contributed by atoms with Crippen molar-refractivity contribution in [3.63, 3.8) is 0 Å². The van der Waals surface area contributed by atoms with Crippen LogP contribution < -0.4 is 9.47 Å². The molecule has 0 aliphatic carbocycles. The molecule has 0 amide bonds. The molecular formula is C16H19ClO2S. The van der Waals surface area contributed by atoms with Crippen molar-refractivity contribution in [1.82, 2.24) is 0 Å². The lowest BCUT2D eigenvalue weighted by molar-refractivity contribution is 0.354. The van der Waals surface area contributed by atoms with E-state index in [4.69, 9.17) is 21.1 Å². The first-order valence-electron chi connectivity index (χ1n) is 6.47. The van der Waals surface area contributed by atoms with Gasteiger partial charge in [0.15, 0.2) is 11.5 Å². The number of aryl methyl sites for hydroxylation is 2. The predicted molar refractivity (Wildman–Crippen MR) is 85.6 cm³/mol. The lowest BCUT2D eigenvalue weighted by atomic mass is 10.1. The topological polar surface area (TPSA) is 18.5 Å². The van der Waals surface area contributed by atoms with Crippen LogP contribution in [0.25, 0.3) is 0 Å². The molecule has 0 aliphatic rings. The average Bonchev–Trinajstić information content (AvgIpc) is 2.78. The fourth-order valence-corrected chi connectivity index (χ4v) is 3.47. The number of alkyl halides is 1. The highest BCUT2D eigenvalue weighted by atomic mass is 35.5. The van der Waals surface area contributed by atoms with Gasteiger partial charge in [-0.3, -0.25) is 0 Å². The molecule has 1 atom stereocenters.